The molecule has 0 aliphatic heterocycles. The van der Waals surface area contributed by atoms with E-state index in [0.29, 0.717) is 30.3 Å². The molecule has 28 heavy (non-hydrogen) atoms. The molecule has 0 amide bonds. The van der Waals surface area contributed by atoms with E-state index in [1.807, 2.05) is 31.2 Å². The van der Waals surface area contributed by atoms with E-state index in [1.165, 1.54) is 11.1 Å². The molecule has 2 aromatic rings. The third-order valence-electron chi connectivity index (χ3n) is 4.25. The first kappa shape index (κ1) is 23.9. The van der Waals surface area contributed by atoms with Crippen molar-refractivity contribution in [2.75, 3.05) is 27.9 Å². The average Bonchev–Trinajstić information content (AvgIpc) is 2.70. The summed E-state index contributed by atoms with van der Waals surface area (Å²) < 4.78 is 16.2. The Hall–Kier alpha value is -2.16. The number of nitrogens with zero attached hydrogens (tertiary/aromatic N) is 1. The lowest BCUT2D eigenvalue weighted by Gasteiger charge is -2.15. The maximum atomic E-state index is 5.48. The summed E-state index contributed by atoms with van der Waals surface area (Å²) >= 11 is 0. The Balaban J connectivity index is 0.00000392. The van der Waals surface area contributed by atoms with E-state index >= 15 is 0 Å². The van der Waals surface area contributed by atoms with Gasteiger partial charge in [-0.25, -0.2) is 4.99 Å². The molecule has 0 fully saturated rings. The Kier molecular flexibility index (Phi) is 10.5. The molecule has 0 aromatic heterocycles. The maximum absolute atomic E-state index is 5.48. The molecule has 2 aromatic carbocycles. The fourth-order valence-electron chi connectivity index (χ4n) is 2.71. The van der Waals surface area contributed by atoms with E-state index in [0.717, 1.165) is 18.1 Å². The number of halogens is 1. The Morgan fingerprint density at radius 3 is 2.14 bits per heavy atom. The molecular formula is C21H30IN3O3. The molecule has 0 saturated carbocycles. The molecule has 7 heteroatoms. The van der Waals surface area contributed by atoms with Gasteiger partial charge in [0.15, 0.2) is 17.5 Å². The molecule has 2 N–H and O–H groups in total. The maximum Gasteiger partial charge on any atom is 0.191 e. The van der Waals surface area contributed by atoms with Gasteiger partial charge in [0.05, 0.1) is 27.9 Å². The minimum absolute atomic E-state index is 0. The average molecular weight is 499 g/mol. The quantitative estimate of drug-likeness (QED) is 0.328. The van der Waals surface area contributed by atoms with Gasteiger partial charge >= 0.3 is 0 Å². The van der Waals surface area contributed by atoms with E-state index in [2.05, 4.69) is 34.7 Å². The van der Waals surface area contributed by atoms with Crippen LogP contribution in [0.5, 0.6) is 17.2 Å². The van der Waals surface area contributed by atoms with Gasteiger partial charge in [0.2, 0.25) is 0 Å². The van der Waals surface area contributed by atoms with E-state index < -0.39 is 0 Å². The number of aliphatic imine (C=N–C) groups is 1. The number of hydrogen-bond donors (Lipinski definition) is 2. The fraction of sp³-hybridized carbons (Fsp3) is 0.381. The molecule has 0 atom stereocenters. The zero-order valence-corrected chi connectivity index (χ0v) is 19.5. The van der Waals surface area contributed by atoms with Crippen LogP contribution < -0.4 is 24.8 Å². The van der Waals surface area contributed by atoms with Crippen LogP contribution in [0.1, 0.15) is 23.6 Å². The van der Waals surface area contributed by atoms with Crippen molar-refractivity contribution in [3.63, 3.8) is 0 Å². The number of hydrogen-bond acceptors (Lipinski definition) is 4. The summed E-state index contributed by atoms with van der Waals surface area (Å²) in [6.07, 6.45) is 0. The van der Waals surface area contributed by atoms with Crippen molar-refractivity contribution in [2.45, 2.75) is 26.9 Å². The molecule has 6 nitrogen and oxygen atoms in total. The number of rotatable bonds is 8. The minimum Gasteiger partial charge on any atom is -0.496 e. The van der Waals surface area contributed by atoms with Gasteiger partial charge in [0.25, 0.3) is 0 Å². The Morgan fingerprint density at radius 2 is 1.54 bits per heavy atom. The first-order valence-corrected chi connectivity index (χ1v) is 8.98. The second-order valence-electron chi connectivity index (χ2n) is 5.99. The molecule has 0 unspecified atom stereocenters. The molecule has 0 heterocycles. The third kappa shape index (κ3) is 6.47. The van der Waals surface area contributed by atoms with E-state index in [4.69, 9.17) is 14.2 Å². The van der Waals surface area contributed by atoms with Crippen LogP contribution in [0, 0.1) is 6.92 Å². The highest BCUT2D eigenvalue weighted by molar-refractivity contribution is 14.0. The van der Waals surface area contributed by atoms with Gasteiger partial charge in [0, 0.05) is 24.7 Å². The van der Waals surface area contributed by atoms with Crippen LogP contribution in [0.4, 0.5) is 0 Å². The predicted octanol–water partition coefficient (Wildman–Crippen LogP) is 3.89. The lowest BCUT2D eigenvalue weighted by atomic mass is 10.1. The van der Waals surface area contributed by atoms with Crippen LogP contribution in [-0.4, -0.2) is 33.8 Å². The van der Waals surface area contributed by atoms with Crippen LogP contribution in [-0.2, 0) is 13.1 Å². The number of aryl methyl sites for hydroxylation is 1. The zero-order chi connectivity index (χ0) is 19.6. The van der Waals surface area contributed by atoms with Gasteiger partial charge in [-0.15, -0.1) is 24.0 Å². The monoisotopic (exact) mass is 499 g/mol. The summed E-state index contributed by atoms with van der Waals surface area (Å²) in [6, 6.07) is 12.0. The van der Waals surface area contributed by atoms with Crippen molar-refractivity contribution in [1.82, 2.24) is 10.6 Å². The van der Waals surface area contributed by atoms with Crippen LogP contribution >= 0.6 is 24.0 Å². The van der Waals surface area contributed by atoms with Crippen molar-refractivity contribution in [2.24, 2.45) is 4.99 Å². The lowest BCUT2D eigenvalue weighted by Crippen LogP contribution is -2.36. The van der Waals surface area contributed by atoms with E-state index in [1.54, 1.807) is 21.3 Å². The molecule has 0 aliphatic rings. The van der Waals surface area contributed by atoms with Gasteiger partial charge in [0.1, 0.15) is 5.75 Å². The largest absolute Gasteiger partial charge is 0.496 e. The van der Waals surface area contributed by atoms with Crippen molar-refractivity contribution in [3.05, 3.63) is 53.1 Å². The topological polar surface area (TPSA) is 64.1 Å². The van der Waals surface area contributed by atoms with Gasteiger partial charge in [-0.3, -0.25) is 0 Å². The third-order valence-corrected chi connectivity index (χ3v) is 4.25. The molecule has 2 rings (SSSR count). The molecule has 0 radical (unpaired) electrons. The number of nitrogens with one attached hydrogen (secondary N) is 2. The number of benzene rings is 2. The predicted molar refractivity (Wildman–Crippen MR) is 124 cm³/mol. The molecule has 0 bridgehead atoms. The summed E-state index contributed by atoms with van der Waals surface area (Å²) in [4.78, 5) is 4.69. The number of methoxy groups -OCH3 is 3. The first-order valence-electron chi connectivity index (χ1n) is 8.98. The summed E-state index contributed by atoms with van der Waals surface area (Å²) in [6.45, 7) is 6.09. The van der Waals surface area contributed by atoms with E-state index in [-0.39, 0.29) is 24.0 Å². The van der Waals surface area contributed by atoms with Gasteiger partial charge in [-0.2, -0.15) is 0 Å². The van der Waals surface area contributed by atoms with Gasteiger partial charge in [-0.05, 0) is 31.0 Å². The summed E-state index contributed by atoms with van der Waals surface area (Å²) in [5.41, 5.74) is 3.41. The second kappa shape index (κ2) is 12.3. The molecule has 0 spiro atoms. The first-order chi connectivity index (χ1) is 13.1. The zero-order valence-electron chi connectivity index (χ0n) is 17.2. The van der Waals surface area contributed by atoms with Crippen LogP contribution in [0.3, 0.4) is 0 Å². The van der Waals surface area contributed by atoms with Crippen molar-refractivity contribution >= 4 is 29.9 Å². The van der Waals surface area contributed by atoms with Gasteiger partial charge < -0.3 is 24.8 Å². The number of ether oxygens (including phenoxy) is 3. The molecule has 0 saturated heterocycles. The molecular weight excluding hydrogens is 469 g/mol. The standard InChI is InChI=1S/C21H29N3O3.HI/c1-6-22-21(23-13-16-10-8-7-9-15(16)2)24-14-17-11-19(26-4)20(27-5)12-18(17)25-3;/h7-12H,6,13-14H2,1-5H3,(H2,22,23,24);1H. The SMILES string of the molecule is CCNC(=NCc1cc(OC)c(OC)cc1OC)NCc1ccccc1C.I. The van der Waals surface area contributed by atoms with Crippen LogP contribution in [0.25, 0.3) is 0 Å². The Labute approximate surface area is 184 Å². The van der Waals surface area contributed by atoms with Crippen LogP contribution in [0.2, 0.25) is 0 Å². The normalized spacial score (nSPS) is 10.7. The highest BCUT2D eigenvalue weighted by atomic mass is 127. The summed E-state index contributed by atoms with van der Waals surface area (Å²) in [5, 5.41) is 6.65. The molecule has 0 aliphatic carbocycles. The highest BCUT2D eigenvalue weighted by Crippen LogP contribution is 2.34. The smallest absolute Gasteiger partial charge is 0.191 e. The Bertz CT molecular complexity index is 781. The van der Waals surface area contributed by atoms with Crippen molar-refractivity contribution < 1.29 is 14.2 Å². The Morgan fingerprint density at radius 1 is 0.893 bits per heavy atom. The van der Waals surface area contributed by atoms with Crippen molar-refractivity contribution in [1.29, 1.82) is 0 Å². The summed E-state index contributed by atoms with van der Waals surface area (Å²) in [5.74, 6) is 2.75. The lowest BCUT2D eigenvalue weighted by molar-refractivity contribution is 0.347. The van der Waals surface area contributed by atoms with Crippen LogP contribution in [0.15, 0.2) is 41.4 Å². The fourth-order valence-corrected chi connectivity index (χ4v) is 2.71. The second-order valence-corrected chi connectivity index (χ2v) is 5.99. The van der Waals surface area contributed by atoms with E-state index in [9.17, 15) is 0 Å². The van der Waals surface area contributed by atoms with Gasteiger partial charge in [-0.1, -0.05) is 24.3 Å². The minimum atomic E-state index is 0. The summed E-state index contributed by atoms with van der Waals surface area (Å²) in [7, 11) is 4.86. The highest BCUT2D eigenvalue weighted by Gasteiger charge is 2.12. The molecule has 154 valence electrons. The van der Waals surface area contributed by atoms with Crippen molar-refractivity contribution in [3.8, 4) is 17.2 Å². The number of guanidine groups is 1.